The van der Waals surface area contributed by atoms with Gasteiger partial charge < -0.3 is 4.57 Å². The van der Waals surface area contributed by atoms with Gasteiger partial charge in [-0.25, -0.2) is 0 Å². The van der Waals surface area contributed by atoms with E-state index in [0.29, 0.717) is 5.17 Å². The molecule has 7 heteroatoms. The van der Waals surface area contributed by atoms with Crippen molar-refractivity contribution in [3.8, 4) is 5.69 Å². The first-order valence-corrected chi connectivity index (χ1v) is 10.6. The largest absolute Gasteiger partial charge is 0.317 e. The van der Waals surface area contributed by atoms with Gasteiger partial charge in [0.25, 0.3) is 5.91 Å². The molecule has 29 heavy (non-hydrogen) atoms. The highest BCUT2D eigenvalue weighted by Crippen LogP contribution is 2.30. The number of rotatable bonds is 5. The first-order valence-electron chi connectivity index (χ1n) is 9.78. The fourth-order valence-electron chi connectivity index (χ4n) is 3.56. The normalized spacial score (nSPS) is 17.6. The number of hydrogen-bond donors (Lipinski definition) is 1. The molecule has 0 atom stereocenters. The molecule has 4 rings (SSSR count). The van der Waals surface area contributed by atoms with Crippen molar-refractivity contribution in [1.29, 1.82) is 5.41 Å². The zero-order valence-corrected chi connectivity index (χ0v) is 17.6. The van der Waals surface area contributed by atoms with Crippen molar-refractivity contribution < 1.29 is 4.79 Å². The van der Waals surface area contributed by atoms with E-state index in [9.17, 15) is 4.79 Å². The van der Waals surface area contributed by atoms with Crippen molar-refractivity contribution in [2.45, 2.75) is 40.0 Å². The molecule has 2 aromatic rings. The van der Waals surface area contributed by atoms with Gasteiger partial charge in [-0.2, -0.15) is 15.1 Å². The SMILES string of the molecule is CCCC1=NN2C(=N)/C(=C/c3cccn3-c3c(C)cccc3CC)C(=O)N=C2S1. The number of hydrazone groups is 1. The van der Waals surface area contributed by atoms with Crippen LogP contribution in [0.15, 0.2) is 52.2 Å². The lowest BCUT2D eigenvalue weighted by molar-refractivity contribution is -0.114. The summed E-state index contributed by atoms with van der Waals surface area (Å²) < 4.78 is 2.07. The van der Waals surface area contributed by atoms with E-state index in [1.807, 2.05) is 18.3 Å². The van der Waals surface area contributed by atoms with Crippen molar-refractivity contribution in [2.24, 2.45) is 10.1 Å². The van der Waals surface area contributed by atoms with Gasteiger partial charge in [-0.05, 0) is 67.3 Å². The Morgan fingerprint density at radius 3 is 2.79 bits per heavy atom. The topological polar surface area (TPSA) is 73.8 Å². The van der Waals surface area contributed by atoms with E-state index in [4.69, 9.17) is 5.41 Å². The molecule has 3 heterocycles. The molecule has 148 valence electrons. The van der Waals surface area contributed by atoms with E-state index in [2.05, 4.69) is 53.6 Å². The summed E-state index contributed by atoms with van der Waals surface area (Å²) in [6.45, 7) is 6.29. The van der Waals surface area contributed by atoms with Gasteiger partial charge >= 0.3 is 0 Å². The lowest BCUT2D eigenvalue weighted by atomic mass is 10.1. The molecule has 0 saturated heterocycles. The molecule has 0 saturated carbocycles. The standard InChI is InChI=1S/C22H23N5OS/c1-4-8-18-25-27-20(23)17(21(28)24-22(27)29-18)13-16-11-7-12-26(16)19-14(3)9-6-10-15(19)5-2/h6-7,9-13,23H,4-5,8H2,1-3H3/b17-13-,23-20?. The number of benzene rings is 1. The molecule has 0 bridgehead atoms. The minimum atomic E-state index is -0.394. The number of thioether (sulfide) groups is 1. The third kappa shape index (κ3) is 3.46. The van der Waals surface area contributed by atoms with Crippen molar-refractivity contribution >= 4 is 39.8 Å². The highest BCUT2D eigenvalue weighted by Gasteiger charge is 2.35. The van der Waals surface area contributed by atoms with Crippen molar-refractivity contribution in [1.82, 2.24) is 9.58 Å². The molecular formula is C22H23N5OS. The van der Waals surface area contributed by atoms with Crippen LogP contribution in [0, 0.1) is 12.3 Å². The van der Waals surface area contributed by atoms with Crippen molar-refractivity contribution in [2.75, 3.05) is 0 Å². The summed E-state index contributed by atoms with van der Waals surface area (Å²) in [5, 5.41) is 15.9. The monoisotopic (exact) mass is 405 g/mol. The Labute approximate surface area is 174 Å². The minimum Gasteiger partial charge on any atom is -0.317 e. The van der Waals surface area contributed by atoms with Gasteiger partial charge in [0.2, 0.25) is 5.17 Å². The van der Waals surface area contributed by atoms with E-state index in [1.165, 1.54) is 22.3 Å². The number of aromatic nitrogens is 1. The van der Waals surface area contributed by atoms with E-state index >= 15 is 0 Å². The molecule has 6 nitrogen and oxygen atoms in total. The van der Waals surface area contributed by atoms with Crippen LogP contribution in [0.25, 0.3) is 11.8 Å². The van der Waals surface area contributed by atoms with Crippen LogP contribution in [0.1, 0.15) is 43.5 Å². The summed E-state index contributed by atoms with van der Waals surface area (Å²) in [6.07, 6.45) is 6.42. The molecule has 0 aliphatic carbocycles. The van der Waals surface area contributed by atoms with Gasteiger partial charge in [-0.3, -0.25) is 10.2 Å². The number of aliphatic imine (C=N–C) groups is 1. The predicted octanol–water partition coefficient (Wildman–Crippen LogP) is 4.77. The number of carbonyl (C=O) groups is 1. The number of amidine groups is 2. The second kappa shape index (κ2) is 7.83. The first-order chi connectivity index (χ1) is 14.0. The predicted molar refractivity (Wildman–Crippen MR) is 120 cm³/mol. The number of amides is 1. The molecule has 0 fully saturated rings. The van der Waals surface area contributed by atoms with Gasteiger partial charge in [0.05, 0.1) is 11.3 Å². The summed E-state index contributed by atoms with van der Waals surface area (Å²) >= 11 is 1.38. The Hall–Kier alpha value is -2.93. The van der Waals surface area contributed by atoms with Crippen LogP contribution >= 0.6 is 11.8 Å². The van der Waals surface area contributed by atoms with Crippen LogP contribution in [0.3, 0.4) is 0 Å². The fourth-order valence-corrected chi connectivity index (χ4v) is 4.55. The van der Waals surface area contributed by atoms with Crippen LogP contribution in [-0.4, -0.2) is 31.5 Å². The molecule has 0 spiro atoms. The number of para-hydroxylation sites is 1. The lowest BCUT2D eigenvalue weighted by Gasteiger charge is -2.21. The zero-order valence-electron chi connectivity index (χ0n) is 16.8. The Balaban J connectivity index is 1.75. The van der Waals surface area contributed by atoms with Gasteiger partial charge in [0.15, 0.2) is 5.84 Å². The molecule has 2 aliphatic rings. The second-order valence-corrected chi connectivity index (χ2v) is 8.04. The maximum atomic E-state index is 12.7. The van der Waals surface area contributed by atoms with E-state index < -0.39 is 5.91 Å². The summed E-state index contributed by atoms with van der Waals surface area (Å²) in [6, 6.07) is 10.2. The maximum absolute atomic E-state index is 12.7. The van der Waals surface area contributed by atoms with Crippen molar-refractivity contribution in [3.05, 3.63) is 58.9 Å². The zero-order chi connectivity index (χ0) is 20.5. The van der Waals surface area contributed by atoms with Gasteiger partial charge in [-0.15, -0.1) is 0 Å². The Bertz CT molecular complexity index is 1090. The highest BCUT2D eigenvalue weighted by atomic mass is 32.2. The number of nitrogens with zero attached hydrogens (tertiary/aromatic N) is 4. The third-order valence-corrected chi connectivity index (χ3v) is 5.94. The van der Waals surface area contributed by atoms with E-state index in [0.717, 1.165) is 41.3 Å². The first kappa shape index (κ1) is 19.4. The van der Waals surface area contributed by atoms with E-state index in [-0.39, 0.29) is 11.4 Å². The van der Waals surface area contributed by atoms with Gasteiger partial charge in [0.1, 0.15) is 5.04 Å². The number of fused-ring (bicyclic) bond motifs is 1. The summed E-state index contributed by atoms with van der Waals surface area (Å²) in [5.41, 5.74) is 4.60. The molecule has 1 aromatic heterocycles. The molecule has 1 aromatic carbocycles. The summed E-state index contributed by atoms with van der Waals surface area (Å²) in [5.74, 6) is -0.318. The Morgan fingerprint density at radius 2 is 2.03 bits per heavy atom. The van der Waals surface area contributed by atoms with Crippen LogP contribution in [0.4, 0.5) is 0 Å². The Kier molecular flexibility index (Phi) is 5.24. The Morgan fingerprint density at radius 1 is 1.21 bits per heavy atom. The number of aryl methyl sites for hydroxylation is 2. The van der Waals surface area contributed by atoms with Crippen LogP contribution in [0.5, 0.6) is 0 Å². The molecule has 0 unspecified atom stereocenters. The van der Waals surface area contributed by atoms with Crippen LogP contribution < -0.4 is 0 Å². The lowest BCUT2D eigenvalue weighted by Crippen LogP contribution is -2.35. The molecule has 1 amide bonds. The van der Waals surface area contributed by atoms with Gasteiger partial charge in [-0.1, -0.05) is 32.0 Å². The molecule has 1 N–H and O–H groups in total. The number of nitrogens with one attached hydrogen (secondary N) is 1. The van der Waals surface area contributed by atoms with Crippen LogP contribution in [-0.2, 0) is 11.2 Å². The highest BCUT2D eigenvalue weighted by molar-refractivity contribution is 8.26. The number of carbonyl (C=O) groups excluding carboxylic acids is 1. The quantitative estimate of drug-likeness (QED) is 0.729. The smallest absolute Gasteiger partial charge is 0.283 e. The summed E-state index contributed by atoms with van der Waals surface area (Å²) in [4.78, 5) is 16.9. The fraction of sp³-hybridized carbons (Fsp3) is 0.273. The summed E-state index contributed by atoms with van der Waals surface area (Å²) in [7, 11) is 0. The molecule has 0 radical (unpaired) electrons. The number of hydrogen-bond acceptors (Lipinski definition) is 4. The van der Waals surface area contributed by atoms with Crippen molar-refractivity contribution in [3.63, 3.8) is 0 Å². The maximum Gasteiger partial charge on any atom is 0.283 e. The average molecular weight is 406 g/mol. The molecule has 2 aliphatic heterocycles. The van der Waals surface area contributed by atoms with Gasteiger partial charge in [0, 0.05) is 11.9 Å². The second-order valence-electron chi connectivity index (χ2n) is 7.00. The third-order valence-electron chi connectivity index (χ3n) is 4.98. The van der Waals surface area contributed by atoms with E-state index in [1.54, 1.807) is 6.08 Å². The molecular weight excluding hydrogens is 382 g/mol. The minimum absolute atomic E-state index is 0.0758. The average Bonchev–Trinajstić information content (AvgIpc) is 3.32. The van der Waals surface area contributed by atoms with Crippen LogP contribution in [0.2, 0.25) is 0 Å².